The summed E-state index contributed by atoms with van der Waals surface area (Å²) in [5.74, 6) is 2.54. The molecule has 5 rings (SSSR count). The standard InChI is InChI=1S/C36H46N2O5/c1-41-32-16-12-30(13-17-32)36(29-9-5-3-6-10-29,31-14-18-33(42-2)19-15-31)43-26-35(25-39)21-27-23-38(24-28(27)22-35)34(40)11-7-4-8-20-37/h3,5-6,9-10,12-19,27-28,39H,4,7-8,11,20-26,37H2,1-2H3/t27-,28-/m1/s1. The number of nitrogens with zero attached hydrogens (tertiary/aromatic N) is 1. The first-order chi connectivity index (χ1) is 21.0. The van der Waals surface area contributed by atoms with Crippen molar-refractivity contribution < 1.29 is 24.1 Å². The van der Waals surface area contributed by atoms with Crippen LogP contribution in [0.4, 0.5) is 0 Å². The second-order valence-electron chi connectivity index (χ2n) is 12.3. The average molecular weight is 587 g/mol. The lowest BCUT2D eigenvalue weighted by molar-refractivity contribution is -0.130. The molecule has 0 aromatic heterocycles. The highest BCUT2D eigenvalue weighted by atomic mass is 16.5. The third-order valence-electron chi connectivity index (χ3n) is 9.52. The SMILES string of the molecule is COc1ccc(C(OCC2(CO)C[C@@H]3CN(C(=O)CCCCCN)C[C@H]3C2)(c2ccccc2)c2ccc(OC)cc2)cc1. The quantitative estimate of drug-likeness (QED) is 0.195. The molecule has 3 N–H and O–H groups in total. The van der Waals surface area contributed by atoms with Crippen LogP contribution >= 0.6 is 0 Å². The summed E-state index contributed by atoms with van der Waals surface area (Å²) in [5, 5.41) is 10.9. The molecule has 3 aromatic rings. The van der Waals surface area contributed by atoms with E-state index in [1.54, 1.807) is 14.2 Å². The first-order valence-corrected chi connectivity index (χ1v) is 15.5. The Morgan fingerprint density at radius 3 is 1.86 bits per heavy atom. The molecule has 1 saturated heterocycles. The van der Waals surface area contributed by atoms with E-state index < -0.39 is 5.60 Å². The minimum absolute atomic E-state index is 0.0448. The van der Waals surface area contributed by atoms with E-state index in [0.29, 0.717) is 31.4 Å². The Morgan fingerprint density at radius 1 is 0.837 bits per heavy atom. The van der Waals surface area contributed by atoms with E-state index in [-0.39, 0.29) is 17.9 Å². The minimum Gasteiger partial charge on any atom is -0.497 e. The van der Waals surface area contributed by atoms with Gasteiger partial charge in [-0.25, -0.2) is 0 Å². The minimum atomic E-state index is -0.925. The fourth-order valence-corrected chi connectivity index (χ4v) is 7.18. The predicted molar refractivity (Wildman–Crippen MR) is 168 cm³/mol. The lowest BCUT2D eigenvalue weighted by Gasteiger charge is -2.40. The molecule has 2 atom stereocenters. The lowest BCUT2D eigenvalue weighted by Crippen LogP contribution is -2.40. The number of rotatable bonds is 14. The lowest BCUT2D eigenvalue weighted by atomic mass is 9.79. The van der Waals surface area contributed by atoms with Crippen molar-refractivity contribution in [3.05, 3.63) is 95.6 Å². The number of aliphatic hydroxyl groups is 1. The first-order valence-electron chi connectivity index (χ1n) is 15.5. The Labute approximate surface area is 255 Å². The summed E-state index contributed by atoms with van der Waals surface area (Å²) in [5.41, 5.74) is 7.25. The molecule has 1 heterocycles. The summed E-state index contributed by atoms with van der Waals surface area (Å²) in [6.07, 6.45) is 5.13. The van der Waals surface area contributed by atoms with Crippen LogP contribution in [0.5, 0.6) is 11.5 Å². The number of ether oxygens (including phenoxy) is 3. The zero-order valence-electron chi connectivity index (χ0n) is 25.5. The number of amides is 1. The molecule has 1 saturated carbocycles. The topological polar surface area (TPSA) is 94.2 Å². The Balaban J connectivity index is 1.42. The van der Waals surface area contributed by atoms with Crippen molar-refractivity contribution in [2.24, 2.45) is 23.0 Å². The van der Waals surface area contributed by atoms with Crippen molar-refractivity contribution in [3.63, 3.8) is 0 Å². The van der Waals surface area contributed by atoms with Crippen LogP contribution in [0.1, 0.15) is 55.2 Å². The fraction of sp³-hybridized carbons (Fsp3) is 0.472. The molecule has 2 fully saturated rings. The van der Waals surface area contributed by atoms with E-state index in [0.717, 1.165) is 73.4 Å². The number of aliphatic hydroxyl groups excluding tert-OH is 1. The van der Waals surface area contributed by atoms with Crippen LogP contribution < -0.4 is 15.2 Å². The second kappa shape index (κ2) is 13.9. The number of carbonyl (C=O) groups excluding carboxylic acids is 1. The van der Waals surface area contributed by atoms with E-state index in [2.05, 4.69) is 36.4 Å². The molecule has 1 aliphatic carbocycles. The van der Waals surface area contributed by atoms with Gasteiger partial charge in [0.25, 0.3) is 0 Å². The number of hydrogen-bond acceptors (Lipinski definition) is 6. The van der Waals surface area contributed by atoms with Gasteiger partial charge in [0.15, 0.2) is 0 Å². The zero-order valence-corrected chi connectivity index (χ0v) is 25.5. The van der Waals surface area contributed by atoms with E-state index >= 15 is 0 Å². The number of likely N-dealkylation sites (tertiary alicyclic amines) is 1. The third kappa shape index (κ3) is 6.59. The highest BCUT2D eigenvalue weighted by Gasteiger charge is 2.51. The Morgan fingerprint density at radius 2 is 1.37 bits per heavy atom. The predicted octanol–water partition coefficient (Wildman–Crippen LogP) is 5.38. The van der Waals surface area contributed by atoms with Crippen LogP contribution in [0, 0.1) is 17.3 Å². The number of unbranched alkanes of at least 4 members (excludes halogenated alkanes) is 2. The molecular weight excluding hydrogens is 540 g/mol. The van der Waals surface area contributed by atoms with Crippen molar-refractivity contribution in [2.75, 3.05) is 47.1 Å². The van der Waals surface area contributed by atoms with Gasteiger partial charge in [-0.05, 0) is 85.0 Å². The van der Waals surface area contributed by atoms with Crippen molar-refractivity contribution in [1.82, 2.24) is 4.90 Å². The van der Waals surface area contributed by atoms with Crippen molar-refractivity contribution in [3.8, 4) is 11.5 Å². The van der Waals surface area contributed by atoms with Crippen LogP contribution in [0.2, 0.25) is 0 Å². The van der Waals surface area contributed by atoms with Crippen molar-refractivity contribution >= 4 is 5.91 Å². The van der Waals surface area contributed by atoms with Gasteiger partial charge in [0.1, 0.15) is 17.1 Å². The van der Waals surface area contributed by atoms with E-state index in [9.17, 15) is 9.90 Å². The monoisotopic (exact) mass is 586 g/mol. The number of fused-ring (bicyclic) bond motifs is 1. The Hall–Kier alpha value is -3.39. The smallest absolute Gasteiger partial charge is 0.222 e. The van der Waals surface area contributed by atoms with Gasteiger partial charge in [0, 0.05) is 24.9 Å². The number of hydrogen-bond donors (Lipinski definition) is 2. The molecule has 0 spiro atoms. The molecule has 0 radical (unpaired) electrons. The molecule has 2 aliphatic rings. The number of carbonyl (C=O) groups is 1. The maximum absolute atomic E-state index is 12.9. The van der Waals surface area contributed by atoms with Gasteiger partial charge in [0.05, 0.1) is 27.4 Å². The molecular formula is C36H46N2O5. The summed E-state index contributed by atoms with van der Waals surface area (Å²) >= 11 is 0. The Kier molecular flexibility index (Phi) is 10.1. The molecule has 0 bridgehead atoms. The molecule has 7 nitrogen and oxygen atoms in total. The van der Waals surface area contributed by atoms with E-state index in [1.807, 2.05) is 47.4 Å². The van der Waals surface area contributed by atoms with Gasteiger partial charge in [-0.1, -0.05) is 61.0 Å². The average Bonchev–Trinajstić information content (AvgIpc) is 3.61. The maximum atomic E-state index is 12.9. The molecule has 230 valence electrons. The maximum Gasteiger partial charge on any atom is 0.222 e. The van der Waals surface area contributed by atoms with Crippen LogP contribution in [-0.4, -0.2) is 63.0 Å². The molecule has 0 unspecified atom stereocenters. The molecule has 43 heavy (non-hydrogen) atoms. The number of benzene rings is 3. The summed E-state index contributed by atoms with van der Waals surface area (Å²) in [4.78, 5) is 14.9. The molecule has 1 amide bonds. The first kappa shape index (κ1) is 31.0. The van der Waals surface area contributed by atoms with Crippen molar-refractivity contribution in [1.29, 1.82) is 0 Å². The highest BCUT2D eigenvalue weighted by Crippen LogP contribution is 2.51. The largest absolute Gasteiger partial charge is 0.497 e. The number of nitrogens with two attached hydrogens (primary N) is 1. The van der Waals surface area contributed by atoms with Gasteiger partial charge in [-0.2, -0.15) is 0 Å². The fourth-order valence-electron chi connectivity index (χ4n) is 7.18. The van der Waals surface area contributed by atoms with Crippen LogP contribution in [0.3, 0.4) is 0 Å². The van der Waals surface area contributed by atoms with Crippen LogP contribution in [-0.2, 0) is 15.1 Å². The molecule has 7 heteroatoms. The number of methoxy groups -OCH3 is 2. The van der Waals surface area contributed by atoms with Gasteiger partial charge in [-0.15, -0.1) is 0 Å². The van der Waals surface area contributed by atoms with Crippen LogP contribution in [0.25, 0.3) is 0 Å². The second-order valence-corrected chi connectivity index (χ2v) is 12.3. The molecule has 3 aromatic carbocycles. The normalized spacial score (nSPS) is 19.3. The summed E-state index contributed by atoms with van der Waals surface area (Å²) in [7, 11) is 3.33. The van der Waals surface area contributed by atoms with Crippen LogP contribution in [0.15, 0.2) is 78.9 Å². The summed E-state index contributed by atoms with van der Waals surface area (Å²) in [6.45, 7) is 2.64. The third-order valence-corrected chi connectivity index (χ3v) is 9.52. The van der Waals surface area contributed by atoms with Gasteiger partial charge in [-0.3, -0.25) is 4.79 Å². The summed E-state index contributed by atoms with van der Waals surface area (Å²) in [6, 6.07) is 26.3. The van der Waals surface area contributed by atoms with Gasteiger partial charge in [0.2, 0.25) is 5.91 Å². The molecule has 1 aliphatic heterocycles. The van der Waals surface area contributed by atoms with E-state index in [4.69, 9.17) is 19.9 Å². The highest BCUT2D eigenvalue weighted by molar-refractivity contribution is 5.76. The van der Waals surface area contributed by atoms with E-state index in [1.165, 1.54) is 0 Å². The Bertz CT molecular complexity index is 1250. The summed E-state index contributed by atoms with van der Waals surface area (Å²) < 4.78 is 18.1. The van der Waals surface area contributed by atoms with Crippen molar-refractivity contribution in [2.45, 2.75) is 44.1 Å². The van der Waals surface area contributed by atoms with Gasteiger partial charge < -0.3 is 30.0 Å². The zero-order chi connectivity index (χ0) is 30.3. The van der Waals surface area contributed by atoms with Gasteiger partial charge >= 0.3 is 0 Å².